The molecule has 1 saturated heterocycles. The van der Waals surface area contributed by atoms with Crippen molar-refractivity contribution in [2.45, 2.75) is 26.7 Å². The van der Waals surface area contributed by atoms with Crippen molar-refractivity contribution < 1.29 is 19.1 Å². The normalized spacial score (nSPS) is 15.8. The monoisotopic (exact) mass is 443 g/mol. The van der Waals surface area contributed by atoms with Crippen LogP contribution in [0.1, 0.15) is 34.3 Å². The van der Waals surface area contributed by atoms with Gasteiger partial charge in [0.15, 0.2) is 6.61 Å². The van der Waals surface area contributed by atoms with Crippen molar-refractivity contribution in [1.29, 1.82) is 0 Å². The van der Waals surface area contributed by atoms with Gasteiger partial charge in [-0.25, -0.2) is 0 Å². The number of ether oxygens (including phenoxy) is 1. The number of piperidine rings is 1. The standard InChI is InChI=1S/C23H26ClN3O4/c1-15-5-6-16(2)20(12-15)31-14-21(28)25-26-22(29)18-4-3-11-27(13-18)23(30)17-7-9-19(24)10-8-17/h5-10,12,18H,3-4,11,13-14H2,1-2H3,(H,25,28)(H,26,29). The predicted octanol–water partition coefficient (Wildman–Crippen LogP) is 3.04. The first-order chi connectivity index (χ1) is 14.8. The van der Waals surface area contributed by atoms with Crippen molar-refractivity contribution >= 4 is 29.3 Å². The summed E-state index contributed by atoms with van der Waals surface area (Å²) < 4.78 is 5.54. The largest absolute Gasteiger partial charge is 0.483 e. The van der Waals surface area contributed by atoms with Gasteiger partial charge < -0.3 is 9.64 Å². The number of hydrogen-bond donors (Lipinski definition) is 2. The Morgan fingerprint density at radius 1 is 1.10 bits per heavy atom. The molecule has 7 nitrogen and oxygen atoms in total. The lowest BCUT2D eigenvalue weighted by Gasteiger charge is -2.32. The molecule has 164 valence electrons. The highest BCUT2D eigenvalue weighted by Crippen LogP contribution is 2.20. The lowest BCUT2D eigenvalue weighted by Crippen LogP contribution is -2.50. The Labute approximate surface area is 186 Å². The maximum Gasteiger partial charge on any atom is 0.276 e. The molecule has 1 heterocycles. The van der Waals surface area contributed by atoms with E-state index in [1.54, 1.807) is 29.2 Å². The minimum Gasteiger partial charge on any atom is -0.483 e. The first kappa shape index (κ1) is 22.6. The third-order valence-corrected chi connectivity index (χ3v) is 5.45. The van der Waals surface area contributed by atoms with E-state index < -0.39 is 11.8 Å². The van der Waals surface area contributed by atoms with Crippen molar-refractivity contribution in [3.63, 3.8) is 0 Å². The molecule has 8 heteroatoms. The molecule has 2 N–H and O–H groups in total. The first-order valence-electron chi connectivity index (χ1n) is 10.2. The van der Waals surface area contributed by atoms with Crippen molar-refractivity contribution in [3.8, 4) is 5.75 Å². The number of amides is 3. The molecule has 1 aliphatic rings. The van der Waals surface area contributed by atoms with E-state index in [0.29, 0.717) is 42.3 Å². The van der Waals surface area contributed by atoms with Crippen LogP contribution in [0, 0.1) is 19.8 Å². The lowest BCUT2D eigenvalue weighted by atomic mass is 9.96. The Balaban J connectivity index is 1.47. The second-order valence-electron chi connectivity index (χ2n) is 7.69. The molecule has 0 aliphatic carbocycles. The van der Waals surface area contributed by atoms with Crippen LogP contribution in [-0.4, -0.2) is 42.3 Å². The van der Waals surface area contributed by atoms with Crippen molar-refractivity contribution in [1.82, 2.24) is 15.8 Å². The van der Waals surface area contributed by atoms with E-state index in [1.165, 1.54) is 0 Å². The van der Waals surface area contributed by atoms with Crippen molar-refractivity contribution in [3.05, 3.63) is 64.2 Å². The van der Waals surface area contributed by atoms with E-state index in [4.69, 9.17) is 16.3 Å². The van der Waals surface area contributed by atoms with Crippen molar-refractivity contribution in [2.24, 2.45) is 5.92 Å². The average molecular weight is 444 g/mol. The maximum atomic E-state index is 12.7. The molecular formula is C23H26ClN3O4. The summed E-state index contributed by atoms with van der Waals surface area (Å²) >= 11 is 5.88. The van der Waals surface area contributed by atoms with E-state index in [1.807, 2.05) is 32.0 Å². The third-order valence-electron chi connectivity index (χ3n) is 5.20. The molecule has 3 rings (SSSR count). The molecule has 2 aromatic carbocycles. The van der Waals surface area contributed by atoms with Crippen LogP contribution in [0.5, 0.6) is 5.75 Å². The highest BCUT2D eigenvalue weighted by molar-refractivity contribution is 6.30. The second-order valence-corrected chi connectivity index (χ2v) is 8.13. The van der Waals surface area contributed by atoms with Gasteiger partial charge in [-0.05, 0) is 68.1 Å². The van der Waals surface area contributed by atoms with Crippen LogP contribution in [0.2, 0.25) is 5.02 Å². The molecule has 0 saturated carbocycles. The Morgan fingerprint density at radius 3 is 2.58 bits per heavy atom. The number of carbonyl (C=O) groups excluding carboxylic acids is 3. The Hall–Kier alpha value is -3.06. The lowest BCUT2D eigenvalue weighted by molar-refractivity contribution is -0.132. The maximum absolute atomic E-state index is 12.7. The zero-order valence-electron chi connectivity index (χ0n) is 17.6. The van der Waals surface area contributed by atoms with E-state index in [9.17, 15) is 14.4 Å². The number of hydrazine groups is 1. The number of rotatable bonds is 5. The fraction of sp³-hybridized carbons (Fsp3) is 0.348. The highest BCUT2D eigenvalue weighted by atomic mass is 35.5. The van der Waals surface area contributed by atoms with Crippen LogP contribution in [0.15, 0.2) is 42.5 Å². The van der Waals surface area contributed by atoms with Gasteiger partial charge in [-0.1, -0.05) is 23.7 Å². The van der Waals surface area contributed by atoms with Crippen molar-refractivity contribution in [2.75, 3.05) is 19.7 Å². The molecule has 3 amide bonds. The SMILES string of the molecule is Cc1ccc(C)c(OCC(=O)NNC(=O)C2CCCN(C(=O)c3ccc(Cl)cc3)C2)c1. The fourth-order valence-corrected chi connectivity index (χ4v) is 3.55. The quantitative estimate of drug-likeness (QED) is 0.695. The smallest absolute Gasteiger partial charge is 0.276 e. The van der Waals surface area contributed by atoms with Gasteiger partial charge in [0.05, 0.1) is 5.92 Å². The highest BCUT2D eigenvalue weighted by Gasteiger charge is 2.29. The van der Waals surface area contributed by atoms with Gasteiger partial charge in [-0.3, -0.25) is 25.2 Å². The summed E-state index contributed by atoms with van der Waals surface area (Å²) in [6, 6.07) is 12.4. The number of likely N-dealkylation sites (tertiary alicyclic amines) is 1. The van der Waals surface area contributed by atoms with Gasteiger partial charge in [0.25, 0.3) is 11.8 Å². The van der Waals surface area contributed by atoms with Crippen LogP contribution in [0.4, 0.5) is 0 Å². The summed E-state index contributed by atoms with van der Waals surface area (Å²) in [6.45, 7) is 4.51. The third kappa shape index (κ3) is 6.21. The van der Waals surface area contributed by atoms with Gasteiger partial charge >= 0.3 is 0 Å². The zero-order valence-corrected chi connectivity index (χ0v) is 18.4. The number of nitrogens with one attached hydrogen (secondary N) is 2. The van der Waals surface area contributed by atoms with Crippen LogP contribution in [0.25, 0.3) is 0 Å². The molecule has 1 aliphatic heterocycles. The second kappa shape index (κ2) is 10.3. The van der Waals surface area contributed by atoms with Crippen LogP contribution in [0.3, 0.4) is 0 Å². The average Bonchev–Trinajstić information content (AvgIpc) is 2.78. The van der Waals surface area contributed by atoms with Gasteiger partial charge in [0.2, 0.25) is 5.91 Å². The number of aryl methyl sites for hydroxylation is 2. The fourth-order valence-electron chi connectivity index (χ4n) is 3.43. The summed E-state index contributed by atoms with van der Waals surface area (Å²) in [5.41, 5.74) is 7.32. The number of halogens is 1. The van der Waals surface area contributed by atoms with Gasteiger partial charge in [0, 0.05) is 23.7 Å². The summed E-state index contributed by atoms with van der Waals surface area (Å²) in [5.74, 6) is -0.691. The molecule has 0 aromatic heterocycles. The summed E-state index contributed by atoms with van der Waals surface area (Å²) in [4.78, 5) is 38.9. The molecule has 1 atom stereocenters. The van der Waals surface area contributed by atoms with E-state index >= 15 is 0 Å². The molecule has 1 fully saturated rings. The van der Waals surface area contributed by atoms with Crippen LogP contribution >= 0.6 is 11.6 Å². The number of carbonyl (C=O) groups is 3. The van der Waals surface area contributed by atoms with Gasteiger partial charge in [-0.15, -0.1) is 0 Å². The minimum absolute atomic E-state index is 0.139. The number of benzene rings is 2. The molecule has 2 aromatic rings. The molecule has 0 spiro atoms. The Morgan fingerprint density at radius 2 is 1.84 bits per heavy atom. The summed E-state index contributed by atoms with van der Waals surface area (Å²) in [7, 11) is 0. The summed E-state index contributed by atoms with van der Waals surface area (Å²) in [5, 5.41) is 0.560. The zero-order chi connectivity index (χ0) is 22.4. The molecule has 31 heavy (non-hydrogen) atoms. The molecule has 1 unspecified atom stereocenters. The predicted molar refractivity (Wildman–Crippen MR) is 118 cm³/mol. The molecule has 0 bridgehead atoms. The van der Waals surface area contributed by atoms with E-state index in [-0.39, 0.29) is 18.4 Å². The minimum atomic E-state index is -0.459. The van der Waals surface area contributed by atoms with Gasteiger partial charge in [0.1, 0.15) is 5.75 Å². The number of hydrogen-bond acceptors (Lipinski definition) is 4. The summed E-state index contributed by atoms with van der Waals surface area (Å²) in [6.07, 6.45) is 1.35. The topological polar surface area (TPSA) is 87.7 Å². The van der Waals surface area contributed by atoms with Gasteiger partial charge in [-0.2, -0.15) is 0 Å². The molecule has 0 radical (unpaired) electrons. The van der Waals surface area contributed by atoms with E-state index in [2.05, 4.69) is 10.9 Å². The van der Waals surface area contributed by atoms with Crippen LogP contribution < -0.4 is 15.6 Å². The Bertz CT molecular complexity index is 962. The number of nitrogens with zero attached hydrogens (tertiary/aromatic N) is 1. The van der Waals surface area contributed by atoms with E-state index in [0.717, 1.165) is 11.1 Å². The Kier molecular flexibility index (Phi) is 7.52. The molecular weight excluding hydrogens is 418 g/mol. The first-order valence-corrected chi connectivity index (χ1v) is 10.5. The van der Waals surface area contributed by atoms with Crippen LogP contribution in [-0.2, 0) is 9.59 Å².